The van der Waals surface area contributed by atoms with Gasteiger partial charge in [0.2, 0.25) is 0 Å². The second-order valence-electron chi connectivity index (χ2n) is 14.3. The highest BCUT2D eigenvalue weighted by Crippen LogP contribution is 2.16. The van der Waals surface area contributed by atoms with Gasteiger partial charge in [-0.2, -0.15) is 0 Å². The maximum absolute atomic E-state index is 12.2. The topological polar surface area (TPSA) is 63.6 Å². The van der Waals surface area contributed by atoms with Crippen molar-refractivity contribution in [3.63, 3.8) is 0 Å². The van der Waals surface area contributed by atoms with Gasteiger partial charge in [-0.05, 0) is 77.6 Å². The minimum absolute atomic E-state index is 0.0127. The fourth-order valence-electron chi connectivity index (χ4n) is 6.13. The summed E-state index contributed by atoms with van der Waals surface area (Å²) in [5.74, 6) is -0.677. The number of aliphatic carboxylic acids is 1. The van der Waals surface area contributed by atoms with Gasteiger partial charge in [0.25, 0.3) is 0 Å². The molecule has 0 aromatic heterocycles. The lowest BCUT2D eigenvalue weighted by Crippen LogP contribution is -2.14. The molecule has 1 atom stereocenters. The Morgan fingerprint density at radius 3 is 1.22 bits per heavy atom. The summed E-state index contributed by atoms with van der Waals surface area (Å²) in [5, 5.41) is 8.65. The standard InChI is InChI=1S/C46H80O4/c1-3-4-5-6-7-8-9-10-11-12-13-14-15-19-22-25-28-31-34-37-40-43-46(49)50-44(2)41-38-35-32-29-26-23-20-17-16-18-21-24-27-30-33-36-39-42-45(47)48/h4-5,7-8,10-11,13-14,19,22,44H,3,6,9,12,15-18,20-21,23-43H2,1-2H3,(H,47,48)/b5-4-,8-7-,11-10-,14-13-,22-19-. The molecular weight excluding hydrogens is 617 g/mol. The van der Waals surface area contributed by atoms with Gasteiger partial charge in [0.15, 0.2) is 0 Å². The zero-order valence-electron chi connectivity index (χ0n) is 32.9. The molecule has 0 fully saturated rings. The van der Waals surface area contributed by atoms with E-state index in [9.17, 15) is 9.59 Å². The molecule has 0 amide bonds. The number of carboxylic acid groups (broad SMARTS) is 1. The number of esters is 1. The summed E-state index contributed by atoms with van der Waals surface area (Å²) in [6, 6.07) is 0. The Labute approximate surface area is 310 Å². The van der Waals surface area contributed by atoms with Crippen LogP contribution >= 0.6 is 0 Å². The second kappa shape index (κ2) is 41.1. The number of unbranched alkanes of at least 4 members (excludes halogenated alkanes) is 21. The van der Waals surface area contributed by atoms with E-state index in [1.807, 2.05) is 0 Å². The molecule has 0 heterocycles. The molecule has 0 saturated carbocycles. The second-order valence-corrected chi connectivity index (χ2v) is 14.3. The van der Waals surface area contributed by atoms with Crippen LogP contribution in [0.25, 0.3) is 0 Å². The molecule has 0 aliphatic carbocycles. The van der Waals surface area contributed by atoms with Crippen LogP contribution in [0.2, 0.25) is 0 Å². The van der Waals surface area contributed by atoms with Crippen molar-refractivity contribution in [1.29, 1.82) is 0 Å². The number of hydrogen-bond acceptors (Lipinski definition) is 3. The summed E-state index contributed by atoms with van der Waals surface area (Å²) in [6.45, 7) is 4.22. The predicted octanol–water partition coefficient (Wildman–Crippen LogP) is 14.9. The Kier molecular flexibility index (Phi) is 39.1. The lowest BCUT2D eigenvalue weighted by atomic mass is 10.0. The molecule has 0 aromatic rings. The lowest BCUT2D eigenvalue weighted by molar-refractivity contribution is -0.148. The number of carbonyl (C=O) groups is 2. The van der Waals surface area contributed by atoms with Crippen molar-refractivity contribution < 1.29 is 19.4 Å². The first-order chi connectivity index (χ1) is 24.6. The van der Waals surface area contributed by atoms with Gasteiger partial charge in [-0.15, -0.1) is 0 Å². The minimum atomic E-state index is -0.664. The SMILES string of the molecule is CC/C=C\C/C=C\C/C=C\C/C=C\C/C=C\CCCCCCCC(=O)OC(C)CCCCCCCCCCCCCCCCCCCC(=O)O. The summed E-state index contributed by atoms with van der Waals surface area (Å²) in [6.07, 6.45) is 58.1. The maximum Gasteiger partial charge on any atom is 0.306 e. The molecular formula is C46H80O4. The van der Waals surface area contributed by atoms with E-state index in [0.29, 0.717) is 12.8 Å². The van der Waals surface area contributed by atoms with Gasteiger partial charge in [0.1, 0.15) is 0 Å². The average molecular weight is 697 g/mol. The van der Waals surface area contributed by atoms with E-state index in [1.54, 1.807) is 0 Å². The predicted molar refractivity (Wildman–Crippen MR) is 218 cm³/mol. The smallest absolute Gasteiger partial charge is 0.306 e. The number of carbonyl (C=O) groups excluding carboxylic acids is 1. The highest BCUT2D eigenvalue weighted by atomic mass is 16.5. The first kappa shape index (κ1) is 47.6. The number of hydrogen-bond donors (Lipinski definition) is 1. The van der Waals surface area contributed by atoms with Crippen LogP contribution in [0.15, 0.2) is 60.8 Å². The van der Waals surface area contributed by atoms with E-state index in [0.717, 1.165) is 77.0 Å². The Morgan fingerprint density at radius 2 is 0.800 bits per heavy atom. The molecule has 50 heavy (non-hydrogen) atoms. The van der Waals surface area contributed by atoms with Gasteiger partial charge in [0, 0.05) is 12.8 Å². The fourth-order valence-corrected chi connectivity index (χ4v) is 6.13. The van der Waals surface area contributed by atoms with Crippen LogP contribution in [0.4, 0.5) is 0 Å². The molecule has 288 valence electrons. The van der Waals surface area contributed by atoms with E-state index in [-0.39, 0.29) is 12.1 Å². The summed E-state index contributed by atoms with van der Waals surface area (Å²) in [7, 11) is 0. The Hall–Kier alpha value is -2.36. The molecule has 0 bridgehead atoms. The normalized spacial score (nSPS) is 12.8. The van der Waals surface area contributed by atoms with Crippen LogP contribution in [-0.2, 0) is 14.3 Å². The van der Waals surface area contributed by atoms with Crippen LogP contribution in [0.5, 0.6) is 0 Å². The van der Waals surface area contributed by atoms with Gasteiger partial charge < -0.3 is 9.84 Å². The summed E-state index contributed by atoms with van der Waals surface area (Å²) in [5.41, 5.74) is 0. The first-order valence-corrected chi connectivity index (χ1v) is 21.2. The molecule has 1 unspecified atom stereocenters. The highest BCUT2D eigenvalue weighted by molar-refractivity contribution is 5.69. The molecule has 0 spiro atoms. The monoisotopic (exact) mass is 697 g/mol. The van der Waals surface area contributed by atoms with Gasteiger partial charge in [-0.1, -0.05) is 183 Å². The Bertz CT molecular complexity index is 881. The minimum Gasteiger partial charge on any atom is -0.481 e. The number of carboxylic acids is 1. The van der Waals surface area contributed by atoms with Crippen molar-refractivity contribution >= 4 is 11.9 Å². The largest absolute Gasteiger partial charge is 0.481 e. The molecule has 1 N–H and O–H groups in total. The van der Waals surface area contributed by atoms with Gasteiger partial charge in [-0.25, -0.2) is 0 Å². The summed E-state index contributed by atoms with van der Waals surface area (Å²) in [4.78, 5) is 22.7. The maximum atomic E-state index is 12.2. The van der Waals surface area contributed by atoms with Crippen molar-refractivity contribution in [2.24, 2.45) is 0 Å². The van der Waals surface area contributed by atoms with E-state index < -0.39 is 5.97 Å². The highest BCUT2D eigenvalue weighted by Gasteiger charge is 2.09. The number of rotatable bonds is 38. The van der Waals surface area contributed by atoms with Crippen molar-refractivity contribution in [3.8, 4) is 0 Å². The van der Waals surface area contributed by atoms with Crippen LogP contribution in [0, 0.1) is 0 Å². The fraction of sp³-hybridized carbons (Fsp3) is 0.739. The zero-order valence-corrected chi connectivity index (χ0v) is 32.9. The van der Waals surface area contributed by atoms with E-state index >= 15 is 0 Å². The average Bonchev–Trinajstić information content (AvgIpc) is 3.09. The third-order valence-electron chi connectivity index (χ3n) is 9.24. The Morgan fingerprint density at radius 1 is 0.460 bits per heavy atom. The summed E-state index contributed by atoms with van der Waals surface area (Å²) < 4.78 is 5.65. The van der Waals surface area contributed by atoms with E-state index in [2.05, 4.69) is 74.6 Å². The van der Waals surface area contributed by atoms with Crippen molar-refractivity contribution in [1.82, 2.24) is 0 Å². The van der Waals surface area contributed by atoms with Crippen LogP contribution in [0.3, 0.4) is 0 Å². The molecule has 4 heteroatoms. The van der Waals surface area contributed by atoms with Gasteiger partial charge in [-0.3, -0.25) is 9.59 Å². The Balaban J connectivity index is 3.39. The molecule has 0 aromatic carbocycles. The van der Waals surface area contributed by atoms with Crippen molar-refractivity contribution in [2.45, 2.75) is 219 Å². The van der Waals surface area contributed by atoms with Crippen molar-refractivity contribution in [3.05, 3.63) is 60.8 Å². The quantitative estimate of drug-likeness (QED) is 0.0396. The van der Waals surface area contributed by atoms with Crippen LogP contribution < -0.4 is 0 Å². The summed E-state index contributed by atoms with van der Waals surface area (Å²) >= 11 is 0. The molecule has 0 aliphatic rings. The van der Waals surface area contributed by atoms with Crippen LogP contribution in [0.1, 0.15) is 213 Å². The molecule has 0 aliphatic heterocycles. The number of allylic oxidation sites excluding steroid dienone is 10. The van der Waals surface area contributed by atoms with Crippen LogP contribution in [-0.4, -0.2) is 23.1 Å². The zero-order chi connectivity index (χ0) is 36.4. The molecule has 4 nitrogen and oxygen atoms in total. The number of ether oxygens (including phenoxy) is 1. The van der Waals surface area contributed by atoms with Gasteiger partial charge >= 0.3 is 11.9 Å². The van der Waals surface area contributed by atoms with Gasteiger partial charge in [0.05, 0.1) is 6.10 Å². The van der Waals surface area contributed by atoms with Crippen molar-refractivity contribution in [2.75, 3.05) is 0 Å². The first-order valence-electron chi connectivity index (χ1n) is 21.2. The molecule has 0 radical (unpaired) electrons. The third kappa shape index (κ3) is 41.8. The molecule has 0 saturated heterocycles. The lowest BCUT2D eigenvalue weighted by Gasteiger charge is -2.13. The van der Waals surface area contributed by atoms with E-state index in [1.165, 1.54) is 109 Å². The van der Waals surface area contributed by atoms with E-state index in [4.69, 9.17) is 9.84 Å². The third-order valence-corrected chi connectivity index (χ3v) is 9.24. The molecule has 0 rings (SSSR count).